The molecular weight excluding hydrogens is 360 g/mol. The van der Waals surface area contributed by atoms with Gasteiger partial charge in [0.25, 0.3) is 5.91 Å². The van der Waals surface area contributed by atoms with Crippen LogP contribution >= 0.6 is 11.3 Å². The van der Waals surface area contributed by atoms with Crippen molar-refractivity contribution in [2.45, 2.75) is 32.5 Å². The van der Waals surface area contributed by atoms with Crippen LogP contribution in [0, 0.1) is 12.7 Å². The number of rotatable bonds is 6. The van der Waals surface area contributed by atoms with Crippen molar-refractivity contribution in [3.05, 3.63) is 46.2 Å². The summed E-state index contributed by atoms with van der Waals surface area (Å²) in [7, 11) is 0. The summed E-state index contributed by atoms with van der Waals surface area (Å²) in [5.41, 5.74) is 1.57. The van der Waals surface area contributed by atoms with E-state index in [-0.39, 0.29) is 10.9 Å². The number of hydrogen-bond acceptors (Lipinski definition) is 4. The lowest BCUT2D eigenvalue weighted by molar-refractivity contribution is -0.184. The second-order valence-corrected chi connectivity index (χ2v) is 6.47. The highest BCUT2D eigenvalue weighted by Crippen LogP contribution is 2.25. The molecule has 1 N–H and O–H groups in total. The minimum Gasteiger partial charge on any atom is -0.359 e. The molecule has 1 aromatic heterocycles. The number of hydrogen-bond donors (Lipinski definition) is 1. The Morgan fingerprint density at radius 2 is 1.96 bits per heavy atom. The van der Waals surface area contributed by atoms with Crippen molar-refractivity contribution >= 4 is 22.4 Å². The van der Waals surface area contributed by atoms with Crippen LogP contribution in [0.15, 0.2) is 24.3 Å². The number of aromatic nitrogens is 1. The fourth-order valence-corrected chi connectivity index (χ4v) is 2.94. The van der Waals surface area contributed by atoms with E-state index in [1.54, 1.807) is 19.1 Å². The van der Waals surface area contributed by atoms with Crippen LogP contribution in [-0.2, 0) is 16.0 Å². The number of halogens is 4. The summed E-state index contributed by atoms with van der Waals surface area (Å²) < 4.78 is 53.7. The van der Waals surface area contributed by atoms with E-state index < -0.39 is 24.8 Å². The van der Waals surface area contributed by atoms with E-state index in [4.69, 9.17) is 0 Å². The molecule has 2 rings (SSSR count). The molecule has 0 fully saturated rings. The Bertz CT molecular complexity index is 729. The summed E-state index contributed by atoms with van der Waals surface area (Å²) in [5.74, 6) is -1.03. The molecule has 0 saturated heterocycles. The van der Waals surface area contributed by atoms with Crippen molar-refractivity contribution in [1.82, 2.24) is 4.98 Å². The maximum absolute atomic E-state index is 12.9. The van der Waals surface area contributed by atoms with Crippen LogP contribution in [0.1, 0.15) is 23.1 Å². The lowest BCUT2D eigenvalue weighted by atomic mass is 10.1. The second kappa shape index (κ2) is 7.92. The number of benzene rings is 1. The highest BCUT2D eigenvalue weighted by Gasteiger charge is 2.30. The summed E-state index contributed by atoms with van der Waals surface area (Å²) in [4.78, 5) is 16.9. The molecule has 1 atom stereocenters. The summed E-state index contributed by atoms with van der Waals surface area (Å²) in [6.07, 6.45) is -5.24. The van der Waals surface area contributed by atoms with Gasteiger partial charge in [0.1, 0.15) is 18.5 Å². The smallest absolute Gasteiger partial charge is 0.359 e. The highest BCUT2D eigenvalue weighted by atomic mass is 32.1. The SMILES string of the molecule is Cc1nc(NC(=O)C(C)OCC(F)(F)F)sc1Cc1ccc(F)cc1. The zero-order chi connectivity index (χ0) is 18.6. The Labute approximate surface area is 145 Å². The van der Waals surface area contributed by atoms with Gasteiger partial charge in [0.15, 0.2) is 5.13 Å². The Morgan fingerprint density at radius 3 is 2.56 bits per heavy atom. The van der Waals surface area contributed by atoms with Crippen LogP contribution in [0.3, 0.4) is 0 Å². The largest absolute Gasteiger partial charge is 0.411 e. The van der Waals surface area contributed by atoms with E-state index in [0.29, 0.717) is 12.1 Å². The van der Waals surface area contributed by atoms with Crippen molar-refractivity contribution in [1.29, 1.82) is 0 Å². The zero-order valence-electron chi connectivity index (χ0n) is 13.5. The Kier molecular flexibility index (Phi) is 6.12. The Balaban J connectivity index is 1.97. The number of anilines is 1. The first-order chi connectivity index (χ1) is 11.6. The first-order valence-corrected chi connectivity index (χ1v) is 8.15. The fourth-order valence-electron chi connectivity index (χ4n) is 1.94. The van der Waals surface area contributed by atoms with Gasteiger partial charge in [-0.1, -0.05) is 12.1 Å². The molecule has 0 saturated carbocycles. The van der Waals surface area contributed by atoms with Gasteiger partial charge in [-0.3, -0.25) is 10.1 Å². The van der Waals surface area contributed by atoms with Gasteiger partial charge < -0.3 is 4.74 Å². The molecule has 1 heterocycles. The average molecular weight is 376 g/mol. The van der Waals surface area contributed by atoms with Crippen molar-refractivity contribution in [2.75, 3.05) is 11.9 Å². The molecule has 0 aliphatic rings. The van der Waals surface area contributed by atoms with Crippen molar-refractivity contribution in [2.24, 2.45) is 0 Å². The van der Waals surface area contributed by atoms with Gasteiger partial charge in [0.2, 0.25) is 0 Å². The molecule has 0 bridgehead atoms. The van der Waals surface area contributed by atoms with E-state index in [0.717, 1.165) is 10.4 Å². The maximum Gasteiger partial charge on any atom is 0.411 e. The number of aryl methyl sites for hydroxylation is 1. The normalized spacial score (nSPS) is 12.9. The van der Waals surface area contributed by atoms with Crippen molar-refractivity contribution < 1.29 is 27.1 Å². The molecular formula is C16H16F4N2O2S. The quantitative estimate of drug-likeness (QED) is 0.773. The molecule has 1 aromatic carbocycles. The topological polar surface area (TPSA) is 51.2 Å². The maximum atomic E-state index is 12.9. The van der Waals surface area contributed by atoms with Crippen LogP contribution in [0.5, 0.6) is 0 Å². The zero-order valence-corrected chi connectivity index (χ0v) is 14.3. The summed E-state index contributed by atoms with van der Waals surface area (Å²) in [6, 6.07) is 6.02. The molecule has 2 aromatic rings. The van der Waals surface area contributed by atoms with Crippen LogP contribution in [0.25, 0.3) is 0 Å². The lowest BCUT2D eigenvalue weighted by Crippen LogP contribution is -2.31. The first-order valence-electron chi connectivity index (χ1n) is 7.34. The van der Waals surface area contributed by atoms with Crippen molar-refractivity contribution in [3.8, 4) is 0 Å². The third-order valence-electron chi connectivity index (χ3n) is 3.27. The predicted molar refractivity (Wildman–Crippen MR) is 86.2 cm³/mol. The number of ether oxygens (including phenoxy) is 1. The summed E-state index contributed by atoms with van der Waals surface area (Å²) in [6.45, 7) is 1.50. The first kappa shape index (κ1) is 19.3. The molecule has 0 aliphatic heterocycles. The minimum atomic E-state index is -4.49. The monoisotopic (exact) mass is 376 g/mol. The number of carbonyl (C=O) groups is 1. The molecule has 0 spiro atoms. The number of carbonyl (C=O) groups excluding carboxylic acids is 1. The summed E-state index contributed by atoms with van der Waals surface area (Å²) >= 11 is 1.21. The predicted octanol–water partition coefficient (Wildman–Crippen LogP) is 4.09. The minimum absolute atomic E-state index is 0.280. The number of thiazole rings is 1. The van der Waals surface area contributed by atoms with Gasteiger partial charge in [-0.2, -0.15) is 13.2 Å². The number of nitrogens with one attached hydrogen (secondary N) is 1. The average Bonchev–Trinajstić information content (AvgIpc) is 2.86. The molecule has 1 unspecified atom stereocenters. The van der Waals surface area contributed by atoms with Crippen molar-refractivity contribution in [3.63, 3.8) is 0 Å². The van der Waals surface area contributed by atoms with Crippen LogP contribution < -0.4 is 5.32 Å². The fraction of sp³-hybridized carbons (Fsp3) is 0.375. The molecule has 0 aliphatic carbocycles. The van der Waals surface area contributed by atoms with E-state index >= 15 is 0 Å². The highest BCUT2D eigenvalue weighted by molar-refractivity contribution is 7.15. The summed E-state index contributed by atoms with van der Waals surface area (Å²) in [5, 5.41) is 2.73. The van der Waals surface area contributed by atoms with Gasteiger partial charge in [0, 0.05) is 11.3 Å². The number of nitrogens with zero attached hydrogens (tertiary/aromatic N) is 1. The van der Waals surface area contributed by atoms with Crippen LogP contribution in [0.2, 0.25) is 0 Å². The standard InChI is InChI=1S/C16H16F4N2O2S/c1-9-13(7-11-3-5-12(17)6-4-11)25-15(21-9)22-14(23)10(2)24-8-16(18,19)20/h3-6,10H,7-8H2,1-2H3,(H,21,22,23). The molecule has 0 radical (unpaired) electrons. The second-order valence-electron chi connectivity index (χ2n) is 5.39. The van der Waals surface area contributed by atoms with E-state index in [1.165, 1.54) is 30.4 Å². The van der Waals surface area contributed by atoms with Gasteiger partial charge in [-0.05, 0) is 31.5 Å². The third kappa shape index (κ3) is 6.09. The Hall–Kier alpha value is -2.00. The van der Waals surface area contributed by atoms with Gasteiger partial charge in [-0.25, -0.2) is 9.37 Å². The lowest BCUT2D eigenvalue weighted by Gasteiger charge is -2.13. The van der Waals surface area contributed by atoms with E-state index in [1.807, 2.05) is 0 Å². The molecule has 4 nitrogen and oxygen atoms in total. The number of amides is 1. The van der Waals surface area contributed by atoms with Gasteiger partial charge in [-0.15, -0.1) is 11.3 Å². The Morgan fingerprint density at radius 1 is 1.32 bits per heavy atom. The number of alkyl halides is 3. The van der Waals surface area contributed by atoms with Gasteiger partial charge in [0.05, 0.1) is 5.69 Å². The molecule has 1 amide bonds. The van der Waals surface area contributed by atoms with Crippen LogP contribution in [-0.4, -0.2) is 29.8 Å². The molecule has 9 heteroatoms. The third-order valence-corrected chi connectivity index (χ3v) is 4.34. The van der Waals surface area contributed by atoms with E-state index in [2.05, 4.69) is 15.0 Å². The molecule has 25 heavy (non-hydrogen) atoms. The molecule has 136 valence electrons. The van der Waals surface area contributed by atoms with Crippen LogP contribution in [0.4, 0.5) is 22.7 Å². The van der Waals surface area contributed by atoms with Gasteiger partial charge >= 0.3 is 6.18 Å². The van der Waals surface area contributed by atoms with E-state index in [9.17, 15) is 22.4 Å².